The number of piperidine rings is 1. The molecular formula is C18H21ClF3NO3S. The van der Waals surface area contributed by atoms with Crippen LogP contribution in [0.15, 0.2) is 23.1 Å². The van der Waals surface area contributed by atoms with Crippen LogP contribution >= 0.6 is 23.4 Å². The number of nitrogens with zero attached hydrogens (tertiary/aromatic N) is 1. The molecule has 1 aliphatic heterocycles. The Hall–Kier alpha value is -1.41. The lowest BCUT2D eigenvalue weighted by Crippen LogP contribution is -2.43. The van der Waals surface area contributed by atoms with Gasteiger partial charge in [0.25, 0.3) is 0 Å². The molecule has 0 aliphatic carbocycles. The van der Waals surface area contributed by atoms with E-state index in [9.17, 15) is 22.8 Å². The molecule has 0 saturated carbocycles. The maximum absolute atomic E-state index is 13.0. The zero-order valence-corrected chi connectivity index (χ0v) is 16.6. The Morgan fingerprint density at radius 3 is 2.52 bits per heavy atom. The van der Waals surface area contributed by atoms with Crippen LogP contribution in [0.25, 0.3) is 0 Å². The fourth-order valence-electron chi connectivity index (χ4n) is 2.90. The highest BCUT2D eigenvalue weighted by Gasteiger charge is 2.34. The third-order valence-electron chi connectivity index (χ3n) is 4.33. The van der Waals surface area contributed by atoms with Gasteiger partial charge in [0.2, 0.25) is 5.91 Å². The van der Waals surface area contributed by atoms with Crippen LogP contribution in [0.3, 0.4) is 0 Å². The maximum atomic E-state index is 13.0. The predicted octanol–water partition coefficient (Wildman–Crippen LogP) is 4.64. The van der Waals surface area contributed by atoms with Gasteiger partial charge >= 0.3 is 12.1 Å². The molecule has 1 aromatic rings. The number of carbonyl (C=O) groups excluding carboxylic acids is 2. The predicted molar refractivity (Wildman–Crippen MR) is 97.7 cm³/mol. The van der Waals surface area contributed by atoms with Crippen LogP contribution in [0.5, 0.6) is 0 Å². The molecule has 0 N–H and O–H groups in total. The molecule has 0 spiro atoms. The van der Waals surface area contributed by atoms with Crippen molar-refractivity contribution in [3.63, 3.8) is 0 Å². The van der Waals surface area contributed by atoms with Gasteiger partial charge in [-0.15, -0.1) is 11.8 Å². The van der Waals surface area contributed by atoms with Crippen LogP contribution in [-0.4, -0.2) is 41.7 Å². The number of esters is 1. The van der Waals surface area contributed by atoms with Gasteiger partial charge in [-0.05, 0) is 44.9 Å². The molecule has 0 radical (unpaired) electrons. The lowest BCUT2D eigenvalue weighted by Gasteiger charge is -2.32. The molecule has 1 amide bonds. The first-order chi connectivity index (χ1) is 12.6. The largest absolute Gasteiger partial charge is 0.466 e. The zero-order chi connectivity index (χ0) is 20.2. The van der Waals surface area contributed by atoms with Crippen molar-refractivity contribution in [2.75, 3.05) is 19.7 Å². The van der Waals surface area contributed by atoms with E-state index in [1.165, 1.54) is 12.1 Å². The summed E-state index contributed by atoms with van der Waals surface area (Å²) in [7, 11) is 0. The monoisotopic (exact) mass is 423 g/mol. The molecule has 27 heavy (non-hydrogen) atoms. The molecular weight excluding hydrogens is 403 g/mol. The first-order valence-corrected chi connectivity index (χ1v) is 9.88. The highest BCUT2D eigenvalue weighted by Crippen LogP contribution is 2.38. The van der Waals surface area contributed by atoms with Gasteiger partial charge in [-0.3, -0.25) is 9.59 Å². The molecule has 150 valence electrons. The first kappa shape index (κ1) is 21.9. The Morgan fingerprint density at radius 2 is 1.96 bits per heavy atom. The number of alkyl halides is 3. The van der Waals surface area contributed by atoms with Crippen LogP contribution < -0.4 is 0 Å². The number of thioether (sulfide) groups is 1. The summed E-state index contributed by atoms with van der Waals surface area (Å²) in [6.45, 7) is 4.60. The molecule has 1 atom stereocenters. The molecule has 1 fully saturated rings. The lowest BCUT2D eigenvalue weighted by molar-refractivity contribution is -0.151. The number of likely N-dealkylation sites (tertiary alicyclic amines) is 1. The van der Waals surface area contributed by atoms with Crippen molar-refractivity contribution in [1.82, 2.24) is 4.90 Å². The number of benzene rings is 1. The Kier molecular flexibility index (Phi) is 7.45. The summed E-state index contributed by atoms with van der Waals surface area (Å²) in [4.78, 5) is 26.3. The number of hydrogen-bond donors (Lipinski definition) is 0. The summed E-state index contributed by atoms with van der Waals surface area (Å²) in [5.74, 6) is -0.610. The molecule has 1 saturated heterocycles. The molecule has 0 bridgehead atoms. The van der Waals surface area contributed by atoms with Gasteiger partial charge in [0.15, 0.2) is 0 Å². The Balaban J connectivity index is 1.96. The summed E-state index contributed by atoms with van der Waals surface area (Å²) >= 11 is 6.68. The summed E-state index contributed by atoms with van der Waals surface area (Å²) in [5.41, 5.74) is -0.913. The average molecular weight is 424 g/mol. The van der Waals surface area contributed by atoms with Crippen molar-refractivity contribution in [3.05, 3.63) is 28.8 Å². The fourth-order valence-corrected chi connectivity index (χ4v) is 4.12. The number of amides is 1. The van der Waals surface area contributed by atoms with Gasteiger partial charge < -0.3 is 9.64 Å². The van der Waals surface area contributed by atoms with E-state index in [1.807, 2.05) is 0 Å². The molecule has 0 aromatic heterocycles. The van der Waals surface area contributed by atoms with Gasteiger partial charge in [-0.25, -0.2) is 0 Å². The normalized spacial score (nSPS) is 16.9. The molecule has 1 heterocycles. The van der Waals surface area contributed by atoms with E-state index >= 15 is 0 Å². The summed E-state index contributed by atoms with van der Waals surface area (Å²) in [5, 5.41) is -0.918. The minimum absolute atomic E-state index is 0.161. The third kappa shape index (κ3) is 5.78. The quantitative estimate of drug-likeness (QED) is 0.511. The topological polar surface area (TPSA) is 46.6 Å². The van der Waals surface area contributed by atoms with E-state index < -0.39 is 17.0 Å². The van der Waals surface area contributed by atoms with Crippen molar-refractivity contribution in [2.45, 2.75) is 43.0 Å². The number of rotatable bonds is 5. The van der Waals surface area contributed by atoms with E-state index in [1.54, 1.807) is 18.7 Å². The second-order valence-electron chi connectivity index (χ2n) is 6.25. The first-order valence-electron chi connectivity index (χ1n) is 8.62. The second-order valence-corrected chi connectivity index (χ2v) is 8.07. The molecule has 1 aromatic carbocycles. The van der Waals surface area contributed by atoms with E-state index in [-0.39, 0.29) is 22.8 Å². The average Bonchev–Trinajstić information content (AvgIpc) is 2.62. The highest BCUT2D eigenvalue weighted by molar-refractivity contribution is 8.00. The van der Waals surface area contributed by atoms with Crippen molar-refractivity contribution < 1.29 is 27.5 Å². The SMILES string of the molecule is CCOC(=O)C1CCN(C(=O)C(C)Sc2ccc(Cl)c(C(F)(F)F)c2)CC1. The van der Waals surface area contributed by atoms with Gasteiger partial charge in [0, 0.05) is 18.0 Å². The minimum Gasteiger partial charge on any atom is -0.466 e. The summed E-state index contributed by atoms with van der Waals surface area (Å²) < 4.78 is 43.9. The number of ether oxygens (including phenoxy) is 1. The van der Waals surface area contributed by atoms with Crippen LogP contribution in [0, 0.1) is 5.92 Å². The van der Waals surface area contributed by atoms with Crippen LogP contribution in [-0.2, 0) is 20.5 Å². The second kappa shape index (κ2) is 9.19. The van der Waals surface area contributed by atoms with Crippen LogP contribution in [0.1, 0.15) is 32.3 Å². The summed E-state index contributed by atoms with van der Waals surface area (Å²) in [6.07, 6.45) is -3.49. The smallest absolute Gasteiger partial charge is 0.417 e. The number of hydrogen-bond acceptors (Lipinski definition) is 4. The molecule has 1 aliphatic rings. The third-order valence-corrected chi connectivity index (χ3v) is 5.74. The van der Waals surface area contributed by atoms with E-state index in [4.69, 9.17) is 16.3 Å². The van der Waals surface area contributed by atoms with Crippen LogP contribution in [0.4, 0.5) is 13.2 Å². The van der Waals surface area contributed by atoms with Crippen molar-refractivity contribution in [3.8, 4) is 0 Å². The van der Waals surface area contributed by atoms with Gasteiger partial charge in [0.05, 0.1) is 28.4 Å². The number of carbonyl (C=O) groups is 2. The van der Waals surface area contributed by atoms with E-state index in [0.717, 1.165) is 17.8 Å². The van der Waals surface area contributed by atoms with E-state index in [2.05, 4.69) is 0 Å². The highest BCUT2D eigenvalue weighted by atomic mass is 35.5. The van der Waals surface area contributed by atoms with Crippen molar-refractivity contribution in [1.29, 1.82) is 0 Å². The minimum atomic E-state index is -4.55. The van der Waals surface area contributed by atoms with E-state index in [0.29, 0.717) is 37.4 Å². The Bertz CT molecular complexity index is 691. The van der Waals surface area contributed by atoms with Crippen LogP contribution in [0.2, 0.25) is 5.02 Å². The van der Waals surface area contributed by atoms with Gasteiger partial charge in [-0.2, -0.15) is 13.2 Å². The molecule has 4 nitrogen and oxygen atoms in total. The fraction of sp³-hybridized carbons (Fsp3) is 0.556. The lowest BCUT2D eigenvalue weighted by atomic mass is 9.97. The number of halogens is 4. The van der Waals surface area contributed by atoms with Gasteiger partial charge in [0.1, 0.15) is 0 Å². The Morgan fingerprint density at radius 1 is 1.33 bits per heavy atom. The molecule has 2 rings (SSSR count). The van der Waals surface area contributed by atoms with Gasteiger partial charge in [-0.1, -0.05) is 11.6 Å². The van der Waals surface area contributed by atoms with Crippen molar-refractivity contribution in [2.24, 2.45) is 5.92 Å². The molecule has 9 heteroatoms. The standard InChI is InChI=1S/C18H21ClF3NO3S/c1-3-26-17(25)12-6-8-23(9-7-12)16(24)11(2)27-13-4-5-15(19)14(10-13)18(20,21)22/h4-5,10-12H,3,6-9H2,1-2H3. The molecule has 1 unspecified atom stereocenters. The Labute approximate surface area is 165 Å². The summed E-state index contributed by atoms with van der Waals surface area (Å²) in [6, 6.07) is 3.62. The maximum Gasteiger partial charge on any atom is 0.417 e. The zero-order valence-electron chi connectivity index (χ0n) is 15.0. The van der Waals surface area contributed by atoms with Crippen molar-refractivity contribution >= 4 is 35.2 Å².